The average molecular weight is 409 g/mol. The minimum atomic E-state index is -1.23. The second kappa shape index (κ2) is 9.13. The summed E-state index contributed by atoms with van der Waals surface area (Å²) in [6, 6.07) is 1.26. The highest BCUT2D eigenvalue weighted by atomic mass is 32.1. The minimum Gasteiger partial charge on any atom is -0.477 e. The number of carboxylic acids is 1. The largest absolute Gasteiger partial charge is 0.477 e. The van der Waals surface area contributed by atoms with Crippen molar-refractivity contribution >= 4 is 40.2 Å². The summed E-state index contributed by atoms with van der Waals surface area (Å²) in [5, 5.41) is 15.5. The molecule has 0 unspecified atom stereocenters. The molecule has 1 amide bonds. The van der Waals surface area contributed by atoms with E-state index in [1.165, 1.54) is 12.3 Å². The van der Waals surface area contributed by atoms with Gasteiger partial charge in [-0.05, 0) is 32.4 Å². The number of rotatable bonds is 8. The molecule has 28 heavy (non-hydrogen) atoms. The number of aromatic nitrogens is 2. The van der Waals surface area contributed by atoms with Crippen molar-refractivity contribution in [2.45, 2.75) is 27.3 Å². The van der Waals surface area contributed by atoms with Crippen LogP contribution in [0.4, 0.5) is 5.00 Å². The number of carbonyl (C=O) groups excluding carboxylic acids is 3. The molecule has 2 heterocycles. The number of esters is 2. The maximum absolute atomic E-state index is 12.4. The number of nitrogens with one attached hydrogen (secondary N) is 1. The van der Waals surface area contributed by atoms with Crippen molar-refractivity contribution in [2.24, 2.45) is 0 Å². The van der Waals surface area contributed by atoms with Gasteiger partial charge in [0.05, 0.1) is 18.8 Å². The Hall–Kier alpha value is -3.21. The van der Waals surface area contributed by atoms with Gasteiger partial charge in [0.25, 0.3) is 0 Å². The summed E-state index contributed by atoms with van der Waals surface area (Å²) in [6.45, 7) is 4.73. The molecule has 2 aromatic heterocycles. The molecule has 2 aromatic rings. The van der Waals surface area contributed by atoms with Crippen LogP contribution in [0.1, 0.15) is 49.9 Å². The van der Waals surface area contributed by atoms with E-state index in [4.69, 9.17) is 14.6 Å². The summed E-state index contributed by atoms with van der Waals surface area (Å²) in [5.74, 6) is -3.15. The zero-order chi connectivity index (χ0) is 20.8. The zero-order valence-corrected chi connectivity index (χ0v) is 16.3. The Morgan fingerprint density at radius 1 is 1.18 bits per heavy atom. The normalized spacial score (nSPS) is 10.4. The predicted molar refractivity (Wildman–Crippen MR) is 98.8 cm³/mol. The molecule has 0 bridgehead atoms. The molecule has 0 spiro atoms. The second-order valence-corrected chi connectivity index (χ2v) is 6.45. The molecule has 0 saturated heterocycles. The van der Waals surface area contributed by atoms with Crippen LogP contribution >= 0.6 is 11.3 Å². The Morgan fingerprint density at radius 2 is 1.82 bits per heavy atom. The Kier molecular flexibility index (Phi) is 6.88. The number of hydrogen-bond acceptors (Lipinski definition) is 8. The first-order chi connectivity index (χ1) is 13.3. The molecule has 0 fully saturated rings. The van der Waals surface area contributed by atoms with Crippen LogP contribution in [0.25, 0.3) is 0 Å². The van der Waals surface area contributed by atoms with Crippen LogP contribution in [-0.4, -0.2) is 51.9 Å². The Morgan fingerprint density at radius 3 is 2.43 bits per heavy atom. The second-order valence-electron chi connectivity index (χ2n) is 5.43. The van der Waals surface area contributed by atoms with Gasteiger partial charge in [-0.15, -0.1) is 11.3 Å². The zero-order valence-electron chi connectivity index (χ0n) is 15.5. The van der Waals surface area contributed by atoms with Gasteiger partial charge in [-0.2, -0.15) is 5.10 Å². The fraction of sp³-hybridized carbons (Fsp3) is 0.353. The van der Waals surface area contributed by atoms with Gasteiger partial charge in [0.1, 0.15) is 22.1 Å². The first-order valence-electron chi connectivity index (χ1n) is 8.32. The van der Waals surface area contributed by atoms with Crippen LogP contribution in [0.15, 0.2) is 12.3 Å². The molecule has 0 aliphatic rings. The SMILES string of the molecule is CCOC(=O)c1sc(NC(=O)Cn2nccc2C(=O)O)c(C(=O)OCC)c1C. The van der Waals surface area contributed by atoms with Crippen molar-refractivity contribution in [1.29, 1.82) is 0 Å². The molecule has 0 aliphatic heterocycles. The molecule has 0 radical (unpaired) electrons. The van der Waals surface area contributed by atoms with E-state index in [1.807, 2.05) is 0 Å². The minimum absolute atomic E-state index is 0.0576. The molecule has 2 N–H and O–H groups in total. The molecule has 0 aliphatic carbocycles. The molecule has 150 valence electrons. The molecule has 11 heteroatoms. The lowest BCUT2D eigenvalue weighted by Gasteiger charge is -2.08. The number of ether oxygens (including phenoxy) is 2. The topological polar surface area (TPSA) is 137 Å². The Balaban J connectivity index is 2.32. The summed E-state index contributed by atoms with van der Waals surface area (Å²) >= 11 is 0.887. The number of hydrogen-bond donors (Lipinski definition) is 2. The molecule has 0 aromatic carbocycles. The number of aromatic carboxylic acids is 1. The Bertz CT molecular complexity index is 916. The number of amides is 1. The lowest BCUT2D eigenvalue weighted by atomic mass is 10.1. The summed E-state index contributed by atoms with van der Waals surface area (Å²) in [6.07, 6.45) is 1.26. The predicted octanol–water partition coefficient (Wildman–Crippen LogP) is 1.94. The fourth-order valence-corrected chi connectivity index (χ4v) is 3.49. The van der Waals surface area contributed by atoms with Gasteiger partial charge < -0.3 is 19.9 Å². The van der Waals surface area contributed by atoms with Crippen LogP contribution in [0.5, 0.6) is 0 Å². The molecule has 10 nitrogen and oxygen atoms in total. The van der Waals surface area contributed by atoms with E-state index in [1.54, 1.807) is 20.8 Å². The van der Waals surface area contributed by atoms with Gasteiger partial charge in [-0.3, -0.25) is 4.79 Å². The van der Waals surface area contributed by atoms with E-state index in [0.29, 0.717) is 5.56 Å². The Labute approximate surface area is 164 Å². The van der Waals surface area contributed by atoms with E-state index in [-0.39, 0.29) is 40.9 Å². The van der Waals surface area contributed by atoms with Gasteiger partial charge >= 0.3 is 17.9 Å². The van der Waals surface area contributed by atoms with Crippen molar-refractivity contribution in [1.82, 2.24) is 9.78 Å². The number of thiophene rings is 1. The van der Waals surface area contributed by atoms with Gasteiger partial charge in [0.15, 0.2) is 0 Å². The summed E-state index contributed by atoms with van der Waals surface area (Å²) in [7, 11) is 0. The van der Waals surface area contributed by atoms with Crippen LogP contribution in [0, 0.1) is 6.92 Å². The third-order valence-corrected chi connectivity index (χ3v) is 4.76. The average Bonchev–Trinajstić information content (AvgIpc) is 3.19. The van der Waals surface area contributed by atoms with Gasteiger partial charge in [0, 0.05) is 6.20 Å². The van der Waals surface area contributed by atoms with Crippen molar-refractivity contribution in [2.75, 3.05) is 18.5 Å². The lowest BCUT2D eigenvalue weighted by Crippen LogP contribution is -2.22. The standard InChI is InChI=1S/C17H19N3O7S/c1-4-26-16(24)12-9(3)13(17(25)27-5-2)28-14(12)19-11(21)8-20-10(15(22)23)6-7-18-20/h6-7H,4-5,8H2,1-3H3,(H,19,21)(H,22,23). The summed E-state index contributed by atoms with van der Waals surface area (Å²) in [4.78, 5) is 48.1. The summed E-state index contributed by atoms with van der Waals surface area (Å²) in [5.41, 5.74) is 0.236. The van der Waals surface area contributed by atoms with E-state index in [9.17, 15) is 19.2 Å². The first-order valence-corrected chi connectivity index (χ1v) is 9.14. The van der Waals surface area contributed by atoms with Crippen molar-refractivity contribution in [3.05, 3.63) is 34.0 Å². The third-order valence-electron chi connectivity index (χ3n) is 3.57. The van der Waals surface area contributed by atoms with Gasteiger partial charge in [-0.1, -0.05) is 0 Å². The van der Waals surface area contributed by atoms with E-state index < -0.39 is 23.8 Å². The summed E-state index contributed by atoms with van der Waals surface area (Å²) < 4.78 is 11.0. The molecular formula is C17H19N3O7S. The number of carboxylic acid groups (broad SMARTS) is 1. The van der Waals surface area contributed by atoms with Crippen molar-refractivity contribution in [3.63, 3.8) is 0 Å². The highest BCUT2D eigenvalue weighted by Gasteiger charge is 2.27. The van der Waals surface area contributed by atoms with Crippen LogP contribution < -0.4 is 5.32 Å². The molecule has 0 atom stereocenters. The van der Waals surface area contributed by atoms with Crippen molar-refractivity contribution < 1.29 is 33.8 Å². The van der Waals surface area contributed by atoms with E-state index in [2.05, 4.69) is 10.4 Å². The van der Waals surface area contributed by atoms with Gasteiger partial charge in [0.2, 0.25) is 5.91 Å². The molecular weight excluding hydrogens is 390 g/mol. The number of nitrogens with zero attached hydrogens (tertiary/aromatic N) is 2. The fourth-order valence-electron chi connectivity index (χ4n) is 2.38. The lowest BCUT2D eigenvalue weighted by molar-refractivity contribution is -0.116. The van der Waals surface area contributed by atoms with E-state index >= 15 is 0 Å². The maximum atomic E-state index is 12.4. The number of anilines is 1. The van der Waals surface area contributed by atoms with Gasteiger partial charge in [-0.25, -0.2) is 19.1 Å². The first kappa shape index (κ1) is 21.1. The highest BCUT2D eigenvalue weighted by Crippen LogP contribution is 2.34. The smallest absolute Gasteiger partial charge is 0.354 e. The number of carbonyl (C=O) groups is 4. The monoisotopic (exact) mass is 409 g/mol. The molecule has 0 saturated carbocycles. The molecule has 2 rings (SSSR count). The van der Waals surface area contributed by atoms with Crippen LogP contribution in [-0.2, 0) is 20.8 Å². The van der Waals surface area contributed by atoms with E-state index in [0.717, 1.165) is 16.0 Å². The highest BCUT2D eigenvalue weighted by molar-refractivity contribution is 7.18. The van der Waals surface area contributed by atoms with Crippen LogP contribution in [0.2, 0.25) is 0 Å². The maximum Gasteiger partial charge on any atom is 0.354 e. The van der Waals surface area contributed by atoms with Crippen LogP contribution in [0.3, 0.4) is 0 Å². The third kappa shape index (κ3) is 4.55. The van der Waals surface area contributed by atoms with Crippen molar-refractivity contribution in [3.8, 4) is 0 Å². The quantitative estimate of drug-likeness (QED) is 0.631.